The fourth-order valence-corrected chi connectivity index (χ4v) is 2.33. The molecular weight excluding hydrogens is 292 g/mol. The second-order valence-corrected chi connectivity index (χ2v) is 5.36. The van der Waals surface area contributed by atoms with Gasteiger partial charge in [-0.2, -0.15) is 5.10 Å². The van der Waals surface area contributed by atoms with Crippen LogP contribution in [0.3, 0.4) is 0 Å². The molecule has 0 saturated carbocycles. The summed E-state index contributed by atoms with van der Waals surface area (Å²) in [5, 5.41) is 12.1. The van der Waals surface area contributed by atoms with Crippen molar-refractivity contribution < 1.29 is 0 Å². The van der Waals surface area contributed by atoms with E-state index < -0.39 is 0 Å². The lowest BCUT2D eigenvalue weighted by Crippen LogP contribution is -2.18. The third-order valence-corrected chi connectivity index (χ3v) is 3.49. The van der Waals surface area contributed by atoms with Gasteiger partial charge in [-0.05, 0) is 37.1 Å². The molecule has 1 aromatic heterocycles. The Hall–Kier alpha value is -1.72. The molecular formula is C14H15ClN4S. The minimum Gasteiger partial charge on any atom is -0.389 e. The summed E-state index contributed by atoms with van der Waals surface area (Å²) in [5.41, 5.74) is 9.34. The van der Waals surface area contributed by atoms with Crippen LogP contribution in [0.1, 0.15) is 22.4 Å². The number of hydrogen-bond donors (Lipinski definition) is 2. The van der Waals surface area contributed by atoms with Crippen LogP contribution < -0.4 is 11.1 Å². The van der Waals surface area contributed by atoms with E-state index in [1.54, 1.807) is 0 Å². The summed E-state index contributed by atoms with van der Waals surface area (Å²) in [6.45, 7) is 4.39. The van der Waals surface area contributed by atoms with Gasteiger partial charge >= 0.3 is 0 Å². The molecule has 0 spiro atoms. The molecule has 0 unspecified atom stereocenters. The first kappa shape index (κ1) is 14.7. The van der Waals surface area contributed by atoms with Gasteiger partial charge in [0, 0.05) is 11.6 Å². The van der Waals surface area contributed by atoms with Gasteiger partial charge in [-0.3, -0.25) is 0 Å². The predicted molar refractivity (Wildman–Crippen MR) is 86.2 cm³/mol. The molecule has 6 heteroatoms. The number of rotatable bonds is 4. The molecule has 1 heterocycles. The van der Waals surface area contributed by atoms with Gasteiger partial charge in [0.2, 0.25) is 0 Å². The molecule has 1 aromatic carbocycles. The number of nitrogens with one attached hydrogen (secondary N) is 1. The molecule has 0 radical (unpaired) electrons. The number of anilines is 1. The SMILES string of the molecule is Cc1nnc(NCc2cccc(Cl)c2)c(C(N)=S)c1C. The van der Waals surface area contributed by atoms with Crippen LogP contribution in [0.2, 0.25) is 5.02 Å². The Morgan fingerprint density at radius 3 is 2.75 bits per heavy atom. The summed E-state index contributed by atoms with van der Waals surface area (Å²) < 4.78 is 0. The Kier molecular flexibility index (Phi) is 4.52. The number of benzene rings is 1. The van der Waals surface area contributed by atoms with Crippen LogP contribution in [0.25, 0.3) is 0 Å². The summed E-state index contributed by atoms with van der Waals surface area (Å²) in [5.74, 6) is 0.598. The van der Waals surface area contributed by atoms with Gasteiger partial charge in [0.05, 0.1) is 11.3 Å². The molecule has 104 valence electrons. The summed E-state index contributed by atoms with van der Waals surface area (Å²) in [4.78, 5) is 0.314. The fraction of sp³-hybridized carbons (Fsp3) is 0.214. The van der Waals surface area contributed by atoms with Crippen molar-refractivity contribution in [2.45, 2.75) is 20.4 Å². The molecule has 4 nitrogen and oxygen atoms in total. The fourth-order valence-electron chi connectivity index (χ4n) is 1.87. The van der Waals surface area contributed by atoms with E-state index in [1.165, 1.54) is 0 Å². The van der Waals surface area contributed by atoms with Crippen LogP contribution in [0.15, 0.2) is 24.3 Å². The van der Waals surface area contributed by atoms with Gasteiger partial charge < -0.3 is 11.1 Å². The van der Waals surface area contributed by atoms with Gasteiger partial charge in [-0.1, -0.05) is 36.0 Å². The molecule has 0 fully saturated rings. The molecule has 0 aliphatic heterocycles. The summed E-state index contributed by atoms with van der Waals surface area (Å²) in [6, 6.07) is 7.61. The van der Waals surface area contributed by atoms with Crippen molar-refractivity contribution in [2.24, 2.45) is 5.73 Å². The quantitative estimate of drug-likeness (QED) is 0.850. The number of halogens is 1. The van der Waals surface area contributed by atoms with Crippen LogP contribution in [0.5, 0.6) is 0 Å². The zero-order chi connectivity index (χ0) is 14.7. The standard InChI is InChI=1S/C14H15ClN4S/c1-8-9(2)18-19-14(12(8)13(16)20)17-7-10-4-3-5-11(15)6-10/h3-6H,7H2,1-2H3,(H2,16,20)(H,17,19). The van der Waals surface area contributed by atoms with Gasteiger partial charge in [0.1, 0.15) is 4.99 Å². The van der Waals surface area contributed by atoms with Crippen molar-refractivity contribution in [1.82, 2.24) is 10.2 Å². The number of nitrogens with two attached hydrogens (primary N) is 1. The van der Waals surface area contributed by atoms with Crippen molar-refractivity contribution in [3.8, 4) is 0 Å². The average Bonchev–Trinajstić information content (AvgIpc) is 2.39. The van der Waals surface area contributed by atoms with Crippen LogP contribution in [0.4, 0.5) is 5.82 Å². The van der Waals surface area contributed by atoms with E-state index in [-0.39, 0.29) is 0 Å². The van der Waals surface area contributed by atoms with E-state index in [4.69, 9.17) is 29.6 Å². The first-order valence-corrected chi connectivity index (χ1v) is 6.89. The van der Waals surface area contributed by atoms with E-state index in [9.17, 15) is 0 Å². The Morgan fingerprint density at radius 1 is 1.35 bits per heavy atom. The molecule has 20 heavy (non-hydrogen) atoms. The maximum absolute atomic E-state index is 5.96. The van der Waals surface area contributed by atoms with E-state index in [0.717, 1.165) is 22.4 Å². The predicted octanol–water partition coefficient (Wildman–Crippen LogP) is 2.99. The van der Waals surface area contributed by atoms with Crippen molar-refractivity contribution >= 4 is 34.6 Å². The Balaban J connectivity index is 2.26. The minimum atomic E-state index is 0.314. The molecule has 2 rings (SSSR count). The van der Waals surface area contributed by atoms with Crippen LogP contribution in [-0.4, -0.2) is 15.2 Å². The Morgan fingerprint density at radius 2 is 2.10 bits per heavy atom. The summed E-state index contributed by atoms with van der Waals surface area (Å²) in [7, 11) is 0. The average molecular weight is 307 g/mol. The lowest BCUT2D eigenvalue weighted by molar-refractivity contribution is 0.943. The molecule has 0 saturated heterocycles. The maximum atomic E-state index is 5.96. The van der Waals surface area contributed by atoms with Crippen molar-refractivity contribution in [3.05, 3.63) is 51.7 Å². The summed E-state index contributed by atoms with van der Waals surface area (Å²) >= 11 is 11.1. The molecule has 0 amide bonds. The smallest absolute Gasteiger partial charge is 0.159 e. The number of aromatic nitrogens is 2. The minimum absolute atomic E-state index is 0.314. The van der Waals surface area contributed by atoms with E-state index in [1.807, 2.05) is 38.1 Å². The number of thiocarbonyl (C=S) groups is 1. The van der Waals surface area contributed by atoms with E-state index in [2.05, 4.69) is 15.5 Å². The van der Waals surface area contributed by atoms with E-state index >= 15 is 0 Å². The third kappa shape index (κ3) is 3.23. The lowest BCUT2D eigenvalue weighted by Gasteiger charge is -2.13. The zero-order valence-corrected chi connectivity index (χ0v) is 12.8. The van der Waals surface area contributed by atoms with Crippen molar-refractivity contribution in [3.63, 3.8) is 0 Å². The van der Waals surface area contributed by atoms with Gasteiger partial charge in [0.15, 0.2) is 5.82 Å². The molecule has 2 aromatic rings. The molecule has 0 aliphatic carbocycles. The van der Waals surface area contributed by atoms with Gasteiger partial charge in [-0.25, -0.2) is 0 Å². The van der Waals surface area contributed by atoms with Gasteiger partial charge in [-0.15, -0.1) is 5.10 Å². The highest BCUT2D eigenvalue weighted by Gasteiger charge is 2.13. The van der Waals surface area contributed by atoms with Crippen LogP contribution in [0, 0.1) is 13.8 Å². The number of aryl methyl sites for hydroxylation is 1. The molecule has 0 bridgehead atoms. The third-order valence-electron chi connectivity index (χ3n) is 3.05. The second kappa shape index (κ2) is 6.15. The highest BCUT2D eigenvalue weighted by Crippen LogP contribution is 2.19. The Labute approximate surface area is 128 Å². The summed E-state index contributed by atoms with van der Waals surface area (Å²) in [6.07, 6.45) is 0. The topological polar surface area (TPSA) is 63.8 Å². The van der Waals surface area contributed by atoms with Gasteiger partial charge in [0.25, 0.3) is 0 Å². The van der Waals surface area contributed by atoms with E-state index in [0.29, 0.717) is 22.4 Å². The van der Waals surface area contributed by atoms with Crippen LogP contribution >= 0.6 is 23.8 Å². The van der Waals surface area contributed by atoms with Crippen molar-refractivity contribution in [2.75, 3.05) is 5.32 Å². The highest BCUT2D eigenvalue weighted by molar-refractivity contribution is 7.80. The molecule has 0 aliphatic rings. The van der Waals surface area contributed by atoms with Crippen molar-refractivity contribution in [1.29, 1.82) is 0 Å². The van der Waals surface area contributed by atoms with Crippen LogP contribution in [-0.2, 0) is 6.54 Å². The number of hydrogen-bond acceptors (Lipinski definition) is 4. The Bertz CT molecular complexity index is 658. The number of nitrogens with zero attached hydrogens (tertiary/aromatic N) is 2. The largest absolute Gasteiger partial charge is 0.389 e. The first-order chi connectivity index (χ1) is 9.49. The maximum Gasteiger partial charge on any atom is 0.159 e. The monoisotopic (exact) mass is 306 g/mol. The second-order valence-electron chi connectivity index (χ2n) is 4.48. The normalized spacial score (nSPS) is 10.3. The molecule has 0 atom stereocenters. The first-order valence-electron chi connectivity index (χ1n) is 6.11. The zero-order valence-electron chi connectivity index (χ0n) is 11.3. The highest BCUT2D eigenvalue weighted by atomic mass is 35.5. The lowest BCUT2D eigenvalue weighted by atomic mass is 10.1. The molecule has 3 N–H and O–H groups in total.